The van der Waals surface area contributed by atoms with Gasteiger partial charge in [0.05, 0.1) is 6.54 Å². The van der Waals surface area contributed by atoms with Crippen LogP contribution in [0.15, 0.2) is 28.1 Å². The van der Waals surface area contributed by atoms with Gasteiger partial charge in [-0.3, -0.25) is 9.79 Å². The van der Waals surface area contributed by atoms with Gasteiger partial charge in [0.25, 0.3) is 0 Å². The number of hydrogen-bond acceptors (Lipinski definition) is 3. The van der Waals surface area contributed by atoms with E-state index in [1.54, 1.807) is 18.8 Å². The van der Waals surface area contributed by atoms with Gasteiger partial charge in [0.2, 0.25) is 5.91 Å². The number of aryl methyl sites for hydroxylation is 1. The molecule has 0 radical (unpaired) electrons. The van der Waals surface area contributed by atoms with Crippen molar-refractivity contribution in [2.45, 2.75) is 37.6 Å². The smallest absolute Gasteiger partial charge is 0.241 e. The molecule has 1 saturated heterocycles. The summed E-state index contributed by atoms with van der Waals surface area (Å²) in [6.45, 7) is 4.85. The highest BCUT2D eigenvalue weighted by Gasteiger charge is 2.16. The average Bonchev–Trinajstić information content (AvgIpc) is 2.63. The van der Waals surface area contributed by atoms with Crippen molar-refractivity contribution in [2.75, 3.05) is 32.9 Å². The van der Waals surface area contributed by atoms with E-state index in [4.69, 9.17) is 0 Å². The van der Waals surface area contributed by atoms with Crippen LogP contribution >= 0.6 is 11.8 Å². The Morgan fingerprint density at radius 2 is 2.00 bits per heavy atom. The maximum atomic E-state index is 12.2. The van der Waals surface area contributed by atoms with E-state index in [1.807, 2.05) is 4.90 Å². The van der Waals surface area contributed by atoms with Gasteiger partial charge >= 0.3 is 0 Å². The van der Waals surface area contributed by atoms with E-state index in [9.17, 15) is 4.79 Å². The molecule has 2 N–H and O–H groups in total. The Morgan fingerprint density at radius 3 is 2.67 bits per heavy atom. The van der Waals surface area contributed by atoms with Crippen molar-refractivity contribution in [3.63, 3.8) is 0 Å². The molecule has 5 nitrogen and oxygen atoms in total. The topological polar surface area (TPSA) is 56.7 Å². The number of aliphatic imine (C=N–C) groups is 1. The normalized spacial score (nSPS) is 15.3. The highest BCUT2D eigenvalue weighted by Crippen LogP contribution is 2.21. The summed E-state index contributed by atoms with van der Waals surface area (Å²) in [6, 6.07) is 6.45. The van der Waals surface area contributed by atoms with Crippen LogP contribution in [0.1, 0.15) is 30.4 Å². The van der Waals surface area contributed by atoms with Crippen LogP contribution in [0.2, 0.25) is 0 Å². The fraction of sp³-hybridized carbons (Fsp3) is 0.556. The van der Waals surface area contributed by atoms with Crippen LogP contribution in [0.25, 0.3) is 0 Å². The molecule has 0 aromatic heterocycles. The highest BCUT2D eigenvalue weighted by atomic mass is 32.2. The first kappa shape index (κ1) is 18.6. The lowest BCUT2D eigenvalue weighted by Crippen LogP contribution is -2.45. The minimum absolute atomic E-state index is 0.151. The van der Waals surface area contributed by atoms with Crippen molar-refractivity contribution in [3.05, 3.63) is 29.3 Å². The molecule has 1 fully saturated rings. The zero-order valence-corrected chi connectivity index (χ0v) is 15.7. The Morgan fingerprint density at radius 1 is 1.25 bits per heavy atom. The lowest BCUT2D eigenvalue weighted by Gasteiger charge is -2.27. The molecule has 1 heterocycles. The lowest BCUT2D eigenvalue weighted by atomic mass is 10.1. The number of hydrogen-bond donors (Lipinski definition) is 2. The molecule has 0 atom stereocenters. The number of piperidine rings is 1. The largest absolute Gasteiger partial charge is 0.352 e. The van der Waals surface area contributed by atoms with Crippen molar-refractivity contribution in [2.24, 2.45) is 4.99 Å². The lowest BCUT2D eigenvalue weighted by molar-refractivity contribution is -0.130. The van der Waals surface area contributed by atoms with Gasteiger partial charge < -0.3 is 15.5 Å². The minimum Gasteiger partial charge on any atom is -0.352 e. The summed E-state index contributed by atoms with van der Waals surface area (Å²) >= 11 is 1.74. The van der Waals surface area contributed by atoms with E-state index in [-0.39, 0.29) is 5.91 Å². The van der Waals surface area contributed by atoms with E-state index in [1.165, 1.54) is 22.4 Å². The van der Waals surface area contributed by atoms with Crippen molar-refractivity contribution < 1.29 is 4.79 Å². The van der Waals surface area contributed by atoms with Crippen LogP contribution in [-0.4, -0.2) is 49.7 Å². The Bertz CT molecular complexity index is 582. The highest BCUT2D eigenvalue weighted by molar-refractivity contribution is 7.98. The van der Waals surface area contributed by atoms with Gasteiger partial charge in [-0.15, -0.1) is 11.8 Å². The number of guanidine groups is 1. The first-order valence-corrected chi connectivity index (χ1v) is 9.72. The molecule has 1 aromatic carbocycles. The quantitative estimate of drug-likeness (QED) is 0.487. The fourth-order valence-corrected chi connectivity index (χ4v) is 3.52. The number of nitrogens with one attached hydrogen (secondary N) is 2. The summed E-state index contributed by atoms with van der Waals surface area (Å²) in [5, 5.41) is 6.42. The SMILES string of the molecule is CN=C(NCC(=O)N1CCCCC1)NCc1ccc(C)cc1SC. The number of carbonyl (C=O) groups excluding carboxylic acids is 1. The van der Waals surface area contributed by atoms with Gasteiger partial charge in [0.1, 0.15) is 0 Å². The van der Waals surface area contributed by atoms with Crippen molar-refractivity contribution in [1.29, 1.82) is 0 Å². The molecule has 0 aliphatic carbocycles. The zero-order chi connectivity index (χ0) is 17.4. The van der Waals surface area contributed by atoms with Gasteiger partial charge in [-0.2, -0.15) is 0 Å². The number of rotatable bonds is 5. The van der Waals surface area contributed by atoms with Gasteiger partial charge in [-0.1, -0.05) is 12.1 Å². The minimum atomic E-state index is 0.151. The van der Waals surface area contributed by atoms with E-state index in [0.29, 0.717) is 19.0 Å². The molecule has 0 unspecified atom stereocenters. The Balaban J connectivity index is 1.83. The summed E-state index contributed by atoms with van der Waals surface area (Å²) in [5.74, 6) is 0.811. The molecule has 1 aliphatic heterocycles. The second kappa shape index (κ2) is 9.57. The van der Waals surface area contributed by atoms with Crippen LogP contribution in [-0.2, 0) is 11.3 Å². The van der Waals surface area contributed by atoms with E-state index < -0.39 is 0 Å². The Hall–Kier alpha value is -1.69. The molecule has 0 bridgehead atoms. The van der Waals surface area contributed by atoms with Gasteiger partial charge in [0, 0.05) is 31.6 Å². The molecule has 1 amide bonds. The van der Waals surface area contributed by atoms with Crippen molar-refractivity contribution in [3.8, 4) is 0 Å². The molecule has 1 aromatic rings. The van der Waals surface area contributed by atoms with Gasteiger partial charge in [-0.25, -0.2) is 0 Å². The molecule has 1 aliphatic rings. The standard InChI is InChI=1S/C18H28N4OS/c1-14-7-8-15(16(11-14)24-3)12-20-18(19-2)21-13-17(23)22-9-5-4-6-10-22/h7-8,11H,4-6,9-10,12-13H2,1-3H3,(H2,19,20,21). The van der Waals surface area contributed by atoms with Gasteiger partial charge in [-0.05, 0) is 49.6 Å². The summed E-state index contributed by atoms with van der Waals surface area (Å²) in [5.41, 5.74) is 2.50. The molecule has 132 valence electrons. The number of amides is 1. The van der Waals surface area contributed by atoms with E-state index in [0.717, 1.165) is 25.9 Å². The zero-order valence-electron chi connectivity index (χ0n) is 14.9. The van der Waals surface area contributed by atoms with Crippen LogP contribution in [0.5, 0.6) is 0 Å². The predicted molar refractivity (Wildman–Crippen MR) is 102 cm³/mol. The molecule has 6 heteroatoms. The van der Waals surface area contributed by atoms with Crippen LogP contribution < -0.4 is 10.6 Å². The molecule has 24 heavy (non-hydrogen) atoms. The summed E-state index contributed by atoms with van der Waals surface area (Å²) in [6.07, 6.45) is 5.55. The number of nitrogens with zero attached hydrogens (tertiary/aromatic N) is 2. The number of likely N-dealkylation sites (tertiary alicyclic amines) is 1. The van der Waals surface area contributed by atoms with Crippen LogP contribution in [0, 0.1) is 6.92 Å². The molecule has 0 spiro atoms. The Labute approximate surface area is 149 Å². The fourth-order valence-electron chi connectivity index (χ4n) is 2.81. The second-order valence-corrected chi connectivity index (χ2v) is 6.88. The first-order chi connectivity index (χ1) is 11.6. The van der Waals surface area contributed by atoms with Crippen molar-refractivity contribution in [1.82, 2.24) is 15.5 Å². The Kier molecular flexibility index (Phi) is 7.43. The summed E-state index contributed by atoms with van der Waals surface area (Å²) < 4.78 is 0. The predicted octanol–water partition coefficient (Wildman–Crippen LogP) is 2.39. The average molecular weight is 349 g/mol. The monoisotopic (exact) mass is 348 g/mol. The van der Waals surface area contributed by atoms with Crippen LogP contribution in [0.3, 0.4) is 0 Å². The van der Waals surface area contributed by atoms with Gasteiger partial charge in [0.15, 0.2) is 5.96 Å². The molecule has 2 rings (SSSR count). The third kappa shape index (κ3) is 5.44. The van der Waals surface area contributed by atoms with Crippen molar-refractivity contribution >= 4 is 23.6 Å². The third-order valence-corrected chi connectivity index (χ3v) is 5.05. The molecule has 0 saturated carbocycles. The van der Waals surface area contributed by atoms with E-state index >= 15 is 0 Å². The summed E-state index contributed by atoms with van der Waals surface area (Å²) in [7, 11) is 1.73. The number of carbonyl (C=O) groups is 1. The summed E-state index contributed by atoms with van der Waals surface area (Å²) in [4.78, 5) is 19.6. The first-order valence-electron chi connectivity index (χ1n) is 8.50. The van der Waals surface area contributed by atoms with Crippen LogP contribution in [0.4, 0.5) is 0 Å². The molecular weight excluding hydrogens is 320 g/mol. The number of thioether (sulfide) groups is 1. The maximum absolute atomic E-state index is 12.2. The maximum Gasteiger partial charge on any atom is 0.241 e. The number of benzene rings is 1. The third-order valence-electron chi connectivity index (χ3n) is 4.23. The second-order valence-electron chi connectivity index (χ2n) is 6.04. The molecular formula is C18H28N4OS. The van der Waals surface area contributed by atoms with E-state index in [2.05, 4.69) is 47.0 Å².